The average Bonchev–Trinajstić information content (AvgIpc) is 2.42. The number of aryl methyl sites for hydroxylation is 1. The Kier molecular flexibility index (Phi) is 3.99. The highest BCUT2D eigenvalue weighted by Gasteiger charge is 2.21. The maximum absolute atomic E-state index is 2.32. The lowest BCUT2D eigenvalue weighted by Gasteiger charge is -2.15. The maximum Gasteiger partial charge on any atom is 0.0111 e. The Balaban J connectivity index is 3.38. The van der Waals surface area contributed by atoms with E-state index in [0.717, 1.165) is 0 Å². The van der Waals surface area contributed by atoms with Gasteiger partial charge in [0.15, 0.2) is 0 Å². The highest BCUT2D eigenvalue weighted by atomic mass is 32.1. The number of hydrogen-bond donors (Lipinski definition) is 0. The lowest BCUT2D eigenvalue weighted by atomic mass is 9.89. The zero-order valence-electron chi connectivity index (χ0n) is 11.1. The van der Waals surface area contributed by atoms with Gasteiger partial charge in [-0.25, -0.2) is 0 Å². The van der Waals surface area contributed by atoms with E-state index in [4.69, 9.17) is 0 Å². The van der Waals surface area contributed by atoms with E-state index in [9.17, 15) is 0 Å². The lowest BCUT2D eigenvalue weighted by molar-refractivity contribution is 0.764. The third-order valence-corrected chi connectivity index (χ3v) is 4.31. The van der Waals surface area contributed by atoms with Crippen molar-refractivity contribution < 1.29 is 0 Å². The van der Waals surface area contributed by atoms with Gasteiger partial charge in [0.05, 0.1) is 0 Å². The van der Waals surface area contributed by atoms with Gasteiger partial charge in [-0.3, -0.25) is 0 Å². The molecule has 0 radical (unpaired) electrons. The number of hydrogen-bond acceptors (Lipinski definition) is 1. The monoisotopic (exact) mass is 224 g/mol. The summed E-state index contributed by atoms with van der Waals surface area (Å²) in [6.45, 7) is 16.1. The minimum Gasteiger partial charge on any atom is -0.145 e. The van der Waals surface area contributed by atoms with Crippen LogP contribution < -0.4 is 0 Å². The fourth-order valence-corrected chi connectivity index (χ4v) is 3.82. The Morgan fingerprint density at radius 2 is 1.20 bits per heavy atom. The molecule has 0 spiro atoms. The summed E-state index contributed by atoms with van der Waals surface area (Å²) in [6.07, 6.45) is 0. The molecule has 1 heterocycles. The van der Waals surface area contributed by atoms with Crippen molar-refractivity contribution in [3.63, 3.8) is 0 Å². The molecular weight excluding hydrogens is 200 g/mol. The van der Waals surface area contributed by atoms with Crippen LogP contribution in [0.4, 0.5) is 0 Å². The molecule has 0 bridgehead atoms. The van der Waals surface area contributed by atoms with Crippen LogP contribution in [0, 0.1) is 6.92 Å². The third kappa shape index (κ3) is 2.44. The summed E-state index contributed by atoms with van der Waals surface area (Å²) in [5.74, 6) is 1.98. The Morgan fingerprint density at radius 3 is 1.53 bits per heavy atom. The molecule has 0 unspecified atom stereocenters. The van der Waals surface area contributed by atoms with Crippen LogP contribution in [0.2, 0.25) is 0 Å². The van der Waals surface area contributed by atoms with Crippen LogP contribution in [0.3, 0.4) is 0 Å². The summed E-state index contributed by atoms with van der Waals surface area (Å²) in [6, 6.07) is 0. The zero-order chi connectivity index (χ0) is 11.7. The van der Waals surface area contributed by atoms with Gasteiger partial charge in [-0.05, 0) is 35.8 Å². The van der Waals surface area contributed by atoms with Crippen LogP contribution in [0.25, 0.3) is 0 Å². The molecule has 0 saturated carbocycles. The molecule has 0 nitrogen and oxygen atoms in total. The Bertz CT molecular complexity index is 329. The van der Waals surface area contributed by atoms with Crippen LogP contribution in [-0.4, -0.2) is 0 Å². The Morgan fingerprint density at radius 1 is 0.733 bits per heavy atom. The molecule has 1 aromatic rings. The fraction of sp³-hybridized carbons (Fsp3) is 0.714. The van der Waals surface area contributed by atoms with Crippen molar-refractivity contribution in [3.8, 4) is 0 Å². The van der Waals surface area contributed by atoms with Crippen molar-refractivity contribution in [3.05, 3.63) is 20.9 Å². The predicted molar refractivity (Wildman–Crippen MR) is 71.3 cm³/mol. The van der Waals surface area contributed by atoms with Crippen molar-refractivity contribution >= 4 is 11.3 Å². The van der Waals surface area contributed by atoms with Crippen LogP contribution in [0.5, 0.6) is 0 Å². The van der Waals surface area contributed by atoms with E-state index in [0.29, 0.717) is 17.8 Å². The summed E-state index contributed by atoms with van der Waals surface area (Å²) < 4.78 is 0. The summed E-state index contributed by atoms with van der Waals surface area (Å²) in [5, 5.41) is 0. The largest absolute Gasteiger partial charge is 0.145 e. The molecule has 1 aromatic heterocycles. The summed E-state index contributed by atoms with van der Waals surface area (Å²) in [7, 11) is 0. The first-order chi connectivity index (χ1) is 6.86. The highest BCUT2D eigenvalue weighted by Crippen LogP contribution is 2.41. The number of thiophene rings is 1. The molecule has 0 N–H and O–H groups in total. The van der Waals surface area contributed by atoms with Crippen LogP contribution in [0.1, 0.15) is 80.2 Å². The van der Waals surface area contributed by atoms with E-state index in [1.54, 1.807) is 16.0 Å². The first-order valence-electron chi connectivity index (χ1n) is 5.99. The molecule has 0 aliphatic heterocycles. The minimum atomic E-state index is 0.657. The molecule has 0 aliphatic carbocycles. The van der Waals surface area contributed by atoms with E-state index in [2.05, 4.69) is 48.5 Å². The molecule has 15 heavy (non-hydrogen) atoms. The van der Waals surface area contributed by atoms with Crippen molar-refractivity contribution in [1.29, 1.82) is 0 Å². The van der Waals surface area contributed by atoms with E-state index in [1.807, 2.05) is 11.3 Å². The van der Waals surface area contributed by atoms with Crippen molar-refractivity contribution in [2.45, 2.75) is 66.2 Å². The molecule has 0 aliphatic rings. The molecule has 1 heteroatoms. The quantitative estimate of drug-likeness (QED) is 0.642. The molecule has 0 atom stereocenters. The third-order valence-electron chi connectivity index (χ3n) is 2.88. The van der Waals surface area contributed by atoms with E-state index < -0.39 is 0 Å². The van der Waals surface area contributed by atoms with Crippen LogP contribution in [0.15, 0.2) is 0 Å². The Hall–Kier alpha value is -0.300. The van der Waals surface area contributed by atoms with Gasteiger partial charge in [0, 0.05) is 9.75 Å². The number of rotatable bonds is 3. The van der Waals surface area contributed by atoms with Crippen LogP contribution >= 0.6 is 11.3 Å². The molecule has 0 fully saturated rings. The van der Waals surface area contributed by atoms with Crippen LogP contribution in [-0.2, 0) is 0 Å². The van der Waals surface area contributed by atoms with Crippen molar-refractivity contribution in [2.24, 2.45) is 0 Å². The van der Waals surface area contributed by atoms with Gasteiger partial charge in [-0.15, -0.1) is 11.3 Å². The second-order valence-electron chi connectivity index (χ2n) is 5.31. The average molecular weight is 224 g/mol. The van der Waals surface area contributed by atoms with E-state index in [1.165, 1.54) is 4.88 Å². The summed E-state index contributed by atoms with van der Waals surface area (Å²) >= 11 is 2.01. The van der Waals surface area contributed by atoms with Gasteiger partial charge in [-0.1, -0.05) is 41.5 Å². The fourth-order valence-electron chi connectivity index (χ4n) is 2.34. The Labute approximate surface area is 98.7 Å². The summed E-state index contributed by atoms with van der Waals surface area (Å²) in [4.78, 5) is 3.13. The topological polar surface area (TPSA) is 0 Å². The predicted octanol–water partition coefficient (Wildman–Crippen LogP) is 5.43. The minimum absolute atomic E-state index is 0.657. The van der Waals surface area contributed by atoms with Gasteiger partial charge in [-0.2, -0.15) is 0 Å². The second-order valence-corrected chi connectivity index (χ2v) is 6.57. The standard InChI is InChI=1S/C14H24S/c1-8(2)12-11(7)15-14(10(5)6)13(12)9(3)4/h8-10H,1-7H3. The SMILES string of the molecule is Cc1sc(C(C)C)c(C(C)C)c1C(C)C. The lowest BCUT2D eigenvalue weighted by Crippen LogP contribution is -2.00. The molecule has 0 saturated heterocycles. The van der Waals surface area contributed by atoms with E-state index in [-0.39, 0.29) is 0 Å². The molecular formula is C14H24S. The highest BCUT2D eigenvalue weighted by molar-refractivity contribution is 7.12. The van der Waals surface area contributed by atoms with Gasteiger partial charge in [0.2, 0.25) is 0 Å². The first-order valence-corrected chi connectivity index (χ1v) is 6.80. The molecule has 0 amide bonds. The van der Waals surface area contributed by atoms with Gasteiger partial charge < -0.3 is 0 Å². The molecule has 86 valence electrons. The van der Waals surface area contributed by atoms with E-state index >= 15 is 0 Å². The smallest absolute Gasteiger partial charge is 0.0111 e. The van der Waals surface area contributed by atoms with Crippen molar-refractivity contribution in [1.82, 2.24) is 0 Å². The maximum atomic E-state index is 2.32. The second kappa shape index (κ2) is 4.69. The van der Waals surface area contributed by atoms with Gasteiger partial charge in [0.1, 0.15) is 0 Å². The molecule has 1 rings (SSSR count). The van der Waals surface area contributed by atoms with Gasteiger partial charge >= 0.3 is 0 Å². The zero-order valence-corrected chi connectivity index (χ0v) is 12.0. The first kappa shape index (κ1) is 12.8. The normalized spacial score (nSPS) is 12.1. The summed E-state index contributed by atoms with van der Waals surface area (Å²) in [5.41, 5.74) is 3.24. The van der Waals surface area contributed by atoms with Crippen molar-refractivity contribution in [2.75, 3.05) is 0 Å². The molecule has 0 aromatic carbocycles. The van der Waals surface area contributed by atoms with Gasteiger partial charge in [0.25, 0.3) is 0 Å².